The fourth-order valence-corrected chi connectivity index (χ4v) is 5.69. The summed E-state index contributed by atoms with van der Waals surface area (Å²) in [6, 6.07) is 13.4. The zero-order chi connectivity index (χ0) is 17.0. The molecule has 124 valence electrons. The Balaban J connectivity index is 1.85. The third-order valence-corrected chi connectivity index (χ3v) is 6.73. The molecule has 1 aliphatic rings. The van der Waals surface area contributed by atoms with Gasteiger partial charge in [-0.15, -0.1) is 11.3 Å². The van der Waals surface area contributed by atoms with Crippen LogP contribution < -0.4 is 0 Å². The number of rotatable bonds is 1. The van der Waals surface area contributed by atoms with E-state index >= 15 is 0 Å². The Hall–Kier alpha value is -2.19. The molecule has 4 aromatic rings. The Morgan fingerprint density at radius 3 is 2.76 bits per heavy atom. The van der Waals surface area contributed by atoms with Gasteiger partial charge in [-0.25, -0.2) is 0 Å². The van der Waals surface area contributed by atoms with Crippen LogP contribution in [0.1, 0.15) is 35.1 Å². The summed E-state index contributed by atoms with van der Waals surface area (Å²) in [4.78, 5) is 4.75. The van der Waals surface area contributed by atoms with Gasteiger partial charge in [-0.2, -0.15) is 0 Å². The summed E-state index contributed by atoms with van der Waals surface area (Å²) in [6.07, 6.45) is 7.12. The van der Waals surface area contributed by atoms with Crippen LogP contribution in [0.2, 0.25) is 0 Å². The molecular formula is C23H21NS. The molecule has 2 heteroatoms. The van der Waals surface area contributed by atoms with Crippen LogP contribution >= 0.6 is 11.3 Å². The number of fused-ring (bicyclic) bond motifs is 4. The molecule has 2 aromatic carbocycles. The number of hydrogen-bond acceptors (Lipinski definition) is 2. The smallest absolute Gasteiger partial charge is 0.0880 e. The van der Waals surface area contributed by atoms with Gasteiger partial charge in [-0.05, 0) is 74.4 Å². The molecule has 0 amide bonds. The van der Waals surface area contributed by atoms with Crippen molar-refractivity contribution < 1.29 is 0 Å². The topological polar surface area (TPSA) is 12.9 Å². The summed E-state index contributed by atoms with van der Waals surface area (Å²) in [5.41, 5.74) is 8.31. The quantitative estimate of drug-likeness (QED) is 0.379. The number of benzene rings is 2. The van der Waals surface area contributed by atoms with Crippen LogP contribution in [0.25, 0.3) is 31.4 Å². The van der Waals surface area contributed by atoms with E-state index in [1.165, 1.54) is 62.5 Å². The molecule has 5 rings (SSSR count). The highest BCUT2D eigenvalue weighted by Gasteiger charge is 2.19. The summed E-state index contributed by atoms with van der Waals surface area (Å²) in [7, 11) is 0. The normalized spacial score (nSPS) is 14.2. The summed E-state index contributed by atoms with van der Waals surface area (Å²) < 4.78 is 2.75. The Bertz CT molecular complexity index is 1120. The number of pyridine rings is 1. The first-order valence-electron chi connectivity index (χ1n) is 9.12. The number of aromatic nitrogens is 1. The second-order valence-electron chi connectivity index (χ2n) is 7.23. The van der Waals surface area contributed by atoms with Gasteiger partial charge < -0.3 is 0 Å². The highest BCUT2D eigenvalue weighted by Crippen LogP contribution is 2.43. The van der Waals surface area contributed by atoms with E-state index in [-0.39, 0.29) is 0 Å². The molecular weight excluding hydrogens is 322 g/mol. The molecule has 0 aliphatic heterocycles. The van der Waals surface area contributed by atoms with Crippen LogP contribution in [0.15, 0.2) is 42.6 Å². The standard InChI is InChI=1S/C23H21NS/c1-14-6-5-8-17(12-14)22-23-19(10-11-24-22)21-15(2)18-9-4-3-7-16(18)13-20(21)25-23/h5-6,8,10-13H,3-4,7,9H2,1-2H3. The molecule has 0 atom stereocenters. The van der Waals surface area contributed by atoms with Crippen LogP contribution in [0.3, 0.4) is 0 Å². The maximum absolute atomic E-state index is 4.75. The van der Waals surface area contributed by atoms with E-state index < -0.39 is 0 Å². The van der Waals surface area contributed by atoms with Gasteiger partial charge in [-0.3, -0.25) is 4.98 Å². The predicted octanol–water partition coefficient (Wildman–Crippen LogP) is 6.61. The third-order valence-electron chi connectivity index (χ3n) is 5.57. The van der Waals surface area contributed by atoms with E-state index in [1.807, 2.05) is 17.5 Å². The van der Waals surface area contributed by atoms with Crippen molar-refractivity contribution in [1.29, 1.82) is 0 Å². The van der Waals surface area contributed by atoms with Crippen molar-refractivity contribution in [3.8, 4) is 11.3 Å². The molecule has 1 nitrogen and oxygen atoms in total. The lowest BCUT2D eigenvalue weighted by molar-refractivity contribution is 0.684. The average molecular weight is 343 g/mol. The fraction of sp³-hybridized carbons (Fsp3) is 0.261. The molecule has 0 fully saturated rings. The monoisotopic (exact) mass is 343 g/mol. The summed E-state index contributed by atoms with van der Waals surface area (Å²) in [5.74, 6) is 0. The van der Waals surface area contributed by atoms with Crippen LogP contribution in [-0.2, 0) is 12.8 Å². The molecule has 0 spiro atoms. The lowest BCUT2D eigenvalue weighted by Crippen LogP contribution is -2.04. The van der Waals surface area contributed by atoms with E-state index in [9.17, 15) is 0 Å². The van der Waals surface area contributed by atoms with Crippen molar-refractivity contribution in [2.75, 3.05) is 0 Å². The first-order chi connectivity index (χ1) is 12.2. The van der Waals surface area contributed by atoms with Gasteiger partial charge in [0, 0.05) is 27.2 Å². The maximum Gasteiger partial charge on any atom is 0.0880 e. The van der Waals surface area contributed by atoms with Gasteiger partial charge in [0.25, 0.3) is 0 Å². The van der Waals surface area contributed by atoms with Crippen molar-refractivity contribution in [3.05, 3.63) is 64.8 Å². The minimum Gasteiger partial charge on any atom is -0.255 e. The van der Waals surface area contributed by atoms with E-state index in [2.05, 4.69) is 50.2 Å². The minimum atomic E-state index is 1.12. The number of aryl methyl sites for hydroxylation is 3. The van der Waals surface area contributed by atoms with Crippen molar-refractivity contribution in [1.82, 2.24) is 4.98 Å². The molecule has 2 heterocycles. The highest BCUT2D eigenvalue weighted by molar-refractivity contribution is 7.26. The first-order valence-corrected chi connectivity index (χ1v) is 9.93. The average Bonchev–Trinajstić information content (AvgIpc) is 3.00. The summed E-state index contributed by atoms with van der Waals surface area (Å²) in [6.45, 7) is 4.47. The van der Waals surface area contributed by atoms with E-state index in [0.29, 0.717) is 0 Å². The first kappa shape index (κ1) is 15.1. The van der Waals surface area contributed by atoms with Crippen LogP contribution in [-0.4, -0.2) is 4.98 Å². The molecule has 1 aliphatic carbocycles. The molecule has 0 unspecified atom stereocenters. The Kier molecular flexibility index (Phi) is 3.42. The second kappa shape index (κ2) is 5.67. The minimum absolute atomic E-state index is 1.12. The van der Waals surface area contributed by atoms with Crippen molar-refractivity contribution in [2.24, 2.45) is 0 Å². The van der Waals surface area contributed by atoms with Crippen molar-refractivity contribution in [3.63, 3.8) is 0 Å². The van der Waals surface area contributed by atoms with Crippen LogP contribution in [0.5, 0.6) is 0 Å². The summed E-state index contributed by atoms with van der Waals surface area (Å²) in [5, 5.41) is 2.83. The van der Waals surface area contributed by atoms with Gasteiger partial charge in [0.2, 0.25) is 0 Å². The number of thiophene rings is 1. The van der Waals surface area contributed by atoms with Gasteiger partial charge in [-0.1, -0.05) is 23.8 Å². The molecule has 25 heavy (non-hydrogen) atoms. The second-order valence-corrected chi connectivity index (χ2v) is 8.28. The molecule has 0 radical (unpaired) electrons. The number of nitrogens with zero attached hydrogens (tertiary/aromatic N) is 1. The van der Waals surface area contributed by atoms with Crippen LogP contribution in [0, 0.1) is 13.8 Å². The molecule has 2 aromatic heterocycles. The predicted molar refractivity (Wildman–Crippen MR) is 109 cm³/mol. The lowest BCUT2D eigenvalue weighted by Gasteiger charge is -2.18. The third kappa shape index (κ3) is 2.31. The molecule has 0 bridgehead atoms. The lowest BCUT2D eigenvalue weighted by atomic mass is 9.87. The summed E-state index contributed by atoms with van der Waals surface area (Å²) >= 11 is 1.91. The largest absolute Gasteiger partial charge is 0.255 e. The van der Waals surface area contributed by atoms with Crippen LogP contribution in [0.4, 0.5) is 0 Å². The molecule has 0 saturated carbocycles. The van der Waals surface area contributed by atoms with Crippen molar-refractivity contribution in [2.45, 2.75) is 39.5 Å². The maximum atomic E-state index is 4.75. The zero-order valence-electron chi connectivity index (χ0n) is 14.7. The SMILES string of the molecule is Cc1cccc(-c2nccc3c2sc2cc4c(c(C)c23)CCCC4)c1. The van der Waals surface area contributed by atoms with E-state index in [1.54, 1.807) is 11.1 Å². The Morgan fingerprint density at radius 2 is 1.88 bits per heavy atom. The zero-order valence-corrected chi connectivity index (χ0v) is 15.5. The van der Waals surface area contributed by atoms with Gasteiger partial charge in [0.15, 0.2) is 0 Å². The van der Waals surface area contributed by atoms with Gasteiger partial charge >= 0.3 is 0 Å². The fourth-order valence-electron chi connectivity index (χ4n) is 4.35. The molecule has 0 saturated heterocycles. The highest BCUT2D eigenvalue weighted by atomic mass is 32.1. The van der Waals surface area contributed by atoms with Crippen molar-refractivity contribution >= 4 is 31.5 Å². The molecule has 0 N–H and O–H groups in total. The van der Waals surface area contributed by atoms with E-state index in [4.69, 9.17) is 4.98 Å². The van der Waals surface area contributed by atoms with Gasteiger partial charge in [0.1, 0.15) is 0 Å². The Labute approximate surface area is 152 Å². The number of hydrogen-bond donors (Lipinski definition) is 0. The van der Waals surface area contributed by atoms with E-state index in [0.717, 1.165) is 5.69 Å². The Morgan fingerprint density at radius 1 is 1.00 bits per heavy atom. The van der Waals surface area contributed by atoms with Gasteiger partial charge in [0.05, 0.1) is 10.4 Å².